The molecule has 0 saturated heterocycles. The summed E-state index contributed by atoms with van der Waals surface area (Å²) in [4.78, 5) is 28.8. The molecule has 2 amide bonds. The first-order valence-corrected chi connectivity index (χ1v) is 15.5. The van der Waals surface area contributed by atoms with Crippen molar-refractivity contribution in [1.29, 1.82) is 0 Å². The predicted molar refractivity (Wildman–Crippen MR) is 164 cm³/mol. The Kier molecular flexibility index (Phi) is 11.5. The molecule has 0 aliphatic heterocycles. The molecule has 0 aromatic heterocycles. The first-order valence-electron chi connectivity index (χ1n) is 14.1. The molecule has 0 fully saturated rings. The van der Waals surface area contributed by atoms with Gasteiger partial charge in [-0.25, -0.2) is 12.8 Å². The number of amides is 2. The number of ether oxygens (including phenoxy) is 2. The minimum Gasteiger partial charge on any atom is -0.493 e. The monoisotopic (exact) mass is 613 g/mol. The van der Waals surface area contributed by atoms with Crippen LogP contribution in [0.4, 0.5) is 10.1 Å². The van der Waals surface area contributed by atoms with Crippen LogP contribution in [0.5, 0.6) is 11.5 Å². The van der Waals surface area contributed by atoms with Crippen LogP contribution in [0.1, 0.15) is 44.7 Å². The zero-order valence-corrected chi connectivity index (χ0v) is 26.3. The second-order valence-corrected chi connectivity index (χ2v) is 12.1. The summed E-state index contributed by atoms with van der Waals surface area (Å²) in [6.45, 7) is 6.84. The Balaban J connectivity index is 2.09. The average molecular weight is 614 g/mol. The summed E-state index contributed by atoms with van der Waals surface area (Å²) in [5.41, 5.74) is 1.77. The summed E-state index contributed by atoms with van der Waals surface area (Å²) in [5.74, 6) is -0.820. The van der Waals surface area contributed by atoms with Crippen LogP contribution < -0.4 is 19.1 Å². The lowest BCUT2D eigenvalue weighted by Crippen LogP contribution is -2.53. The molecule has 1 N–H and O–H groups in total. The fraction of sp³-hybridized carbons (Fsp3) is 0.375. The fourth-order valence-electron chi connectivity index (χ4n) is 4.49. The van der Waals surface area contributed by atoms with Gasteiger partial charge in [-0.3, -0.25) is 13.9 Å². The highest BCUT2D eigenvalue weighted by Crippen LogP contribution is 2.32. The second-order valence-electron chi connectivity index (χ2n) is 10.3. The lowest BCUT2D eigenvalue weighted by atomic mass is 10.1. The number of hydrogen-bond acceptors (Lipinski definition) is 6. The van der Waals surface area contributed by atoms with Crippen molar-refractivity contribution in [3.05, 3.63) is 83.7 Å². The van der Waals surface area contributed by atoms with Crippen LogP contribution in [0.2, 0.25) is 0 Å². The van der Waals surface area contributed by atoms with Crippen molar-refractivity contribution >= 4 is 27.5 Å². The number of halogens is 1. The second kappa shape index (κ2) is 14.9. The number of nitrogens with one attached hydrogen (secondary N) is 1. The van der Waals surface area contributed by atoms with E-state index in [0.29, 0.717) is 17.7 Å². The van der Waals surface area contributed by atoms with Crippen molar-refractivity contribution in [3.8, 4) is 11.5 Å². The number of rotatable bonds is 14. The number of methoxy groups -OCH3 is 2. The number of anilines is 1. The fourth-order valence-corrected chi connectivity index (χ4v) is 5.92. The summed E-state index contributed by atoms with van der Waals surface area (Å²) in [6.07, 6.45) is 0.973. The molecule has 232 valence electrons. The number of carbonyl (C=O) groups excluding carboxylic acids is 2. The van der Waals surface area contributed by atoms with E-state index < -0.39 is 34.3 Å². The minimum atomic E-state index is -4.31. The predicted octanol–water partition coefficient (Wildman–Crippen LogP) is 5.07. The number of hydrogen-bond donors (Lipinski definition) is 1. The van der Waals surface area contributed by atoms with Gasteiger partial charge in [-0.15, -0.1) is 0 Å². The van der Waals surface area contributed by atoms with Crippen molar-refractivity contribution in [3.63, 3.8) is 0 Å². The third-order valence-electron chi connectivity index (χ3n) is 7.20. The van der Waals surface area contributed by atoms with Gasteiger partial charge in [0.1, 0.15) is 18.4 Å². The molecule has 11 heteroatoms. The molecule has 0 aliphatic carbocycles. The number of sulfonamides is 1. The van der Waals surface area contributed by atoms with Gasteiger partial charge in [0.05, 0.1) is 24.8 Å². The van der Waals surface area contributed by atoms with Crippen molar-refractivity contribution < 1.29 is 31.9 Å². The van der Waals surface area contributed by atoms with Crippen molar-refractivity contribution in [2.24, 2.45) is 0 Å². The van der Waals surface area contributed by atoms with Gasteiger partial charge in [-0.2, -0.15) is 0 Å². The molecule has 9 nitrogen and oxygen atoms in total. The number of carbonyl (C=O) groups is 2. The Bertz CT molecular complexity index is 1500. The van der Waals surface area contributed by atoms with E-state index >= 15 is 0 Å². The summed E-state index contributed by atoms with van der Waals surface area (Å²) in [6, 6.07) is 15.6. The number of nitrogens with zero attached hydrogens (tertiary/aromatic N) is 2. The van der Waals surface area contributed by atoms with E-state index in [1.54, 1.807) is 31.2 Å². The van der Waals surface area contributed by atoms with Crippen LogP contribution >= 0.6 is 0 Å². The Morgan fingerprint density at radius 1 is 0.907 bits per heavy atom. The lowest BCUT2D eigenvalue weighted by molar-refractivity contribution is -0.140. The van der Waals surface area contributed by atoms with Crippen molar-refractivity contribution in [1.82, 2.24) is 10.2 Å². The average Bonchev–Trinajstić information content (AvgIpc) is 3.00. The molecular formula is C32H40FN3O6S. The van der Waals surface area contributed by atoms with E-state index in [2.05, 4.69) is 5.32 Å². The first-order chi connectivity index (χ1) is 20.4. The molecule has 3 aromatic rings. The maximum Gasteiger partial charge on any atom is 0.264 e. The van der Waals surface area contributed by atoms with Crippen LogP contribution in [0.15, 0.2) is 71.6 Å². The first kappa shape index (κ1) is 33.4. The molecule has 3 rings (SSSR count). The molecule has 0 radical (unpaired) electrons. The topological polar surface area (TPSA) is 105 Å². The van der Waals surface area contributed by atoms with Gasteiger partial charge in [-0.1, -0.05) is 43.7 Å². The van der Waals surface area contributed by atoms with Gasteiger partial charge < -0.3 is 19.7 Å². The molecule has 0 spiro atoms. The van der Waals surface area contributed by atoms with Crippen LogP contribution in [0, 0.1) is 12.7 Å². The van der Waals surface area contributed by atoms with Crippen molar-refractivity contribution in [2.75, 3.05) is 25.1 Å². The van der Waals surface area contributed by atoms with Gasteiger partial charge in [0.25, 0.3) is 10.0 Å². The normalized spacial score (nSPS) is 12.6. The molecule has 0 saturated carbocycles. The van der Waals surface area contributed by atoms with Gasteiger partial charge in [0.15, 0.2) is 11.5 Å². The third-order valence-corrected chi connectivity index (χ3v) is 8.97. The van der Waals surface area contributed by atoms with Crippen LogP contribution in [-0.2, 0) is 26.2 Å². The maximum atomic E-state index is 14.1. The molecular weight excluding hydrogens is 573 g/mol. The van der Waals surface area contributed by atoms with E-state index in [0.717, 1.165) is 9.87 Å². The third kappa shape index (κ3) is 8.25. The van der Waals surface area contributed by atoms with E-state index in [1.165, 1.54) is 61.6 Å². The van der Waals surface area contributed by atoms with E-state index in [4.69, 9.17) is 9.47 Å². The standard InChI is InChI=1S/C32H40FN3O6S/c1-7-23(4)34-32(38)28(8-2)35(20-24-11-13-25(33)14-12-24)31(37)21-36(26-15-9-22(3)10-16-26)43(39,40)27-17-18-29(41-5)30(19-27)42-6/h9-19,23,28H,7-8,20-21H2,1-6H3,(H,34,38)/t23-,28+/m1/s1. The Hall–Kier alpha value is -4.12. The van der Waals surface area contributed by atoms with E-state index in [9.17, 15) is 22.4 Å². The molecule has 0 aliphatic rings. The summed E-state index contributed by atoms with van der Waals surface area (Å²) < 4.78 is 53.5. The van der Waals surface area contributed by atoms with Crippen LogP contribution in [-0.4, -0.2) is 58.0 Å². The Morgan fingerprint density at radius 3 is 2.09 bits per heavy atom. The number of benzene rings is 3. The SMILES string of the molecule is CC[C@@H](C)NC(=O)[C@H](CC)N(Cc1ccc(F)cc1)C(=O)CN(c1ccc(C)cc1)S(=O)(=O)c1ccc(OC)c(OC)c1. The zero-order chi connectivity index (χ0) is 31.7. The highest BCUT2D eigenvalue weighted by Gasteiger charge is 2.34. The maximum absolute atomic E-state index is 14.1. The van der Waals surface area contributed by atoms with Crippen LogP contribution in [0.3, 0.4) is 0 Å². The molecule has 0 heterocycles. The van der Waals surface area contributed by atoms with Gasteiger partial charge in [-0.05, 0) is 68.7 Å². The largest absolute Gasteiger partial charge is 0.493 e. The highest BCUT2D eigenvalue weighted by molar-refractivity contribution is 7.92. The van der Waals surface area contributed by atoms with Gasteiger partial charge >= 0.3 is 0 Å². The Labute approximate surface area is 253 Å². The zero-order valence-electron chi connectivity index (χ0n) is 25.5. The molecule has 2 atom stereocenters. The summed E-state index contributed by atoms with van der Waals surface area (Å²) in [5, 5.41) is 2.93. The summed E-state index contributed by atoms with van der Waals surface area (Å²) in [7, 11) is -1.46. The quantitative estimate of drug-likeness (QED) is 0.272. The highest BCUT2D eigenvalue weighted by atomic mass is 32.2. The number of aryl methyl sites for hydroxylation is 1. The Morgan fingerprint density at radius 2 is 1.53 bits per heavy atom. The summed E-state index contributed by atoms with van der Waals surface area (Å²) >= 11 is 0. The molecule has 0 unspecified atom stereocenters. The molecule has 0 bridgehead atoms. The van der Waals surface area contributed by atoms with Crippen LogP contribution in [0.25, 0.3) is 0 Å². The minimum absolute atomic E-state index is 0.0241. The molecule has 43 heavy (non-hydrogen) atoms. The van der Waals surface area contributed by atoms with E-state index in [-0.39, 0.29) is 41.2 Å². The van der Waals surface area contributed by atoms with E-state index in [1.807, 2.05) is 20.8 Å². The molecule has 3 aromatic carbocycles. The smallest absolute Gasteiger partial charge is 0.264 e. The lowest BCUT2D eigenvalue weighted by Gasteiger charge is -2.33. The van der Waals surface area contributed by atoms with Crippen molar-refractivity contribution in [2.45, 2.75) is 64.1 Å². The van der Waals surface area contributed by atoms with Gasteiger partial charge in [0.2, 0.25) is 11.8 Å². The van der Waals surface area contributed by atoms with Gasteiger partial charge in [0, 0.05) is 18.7 Å².